The highest BCUT2D eigenvalue weighted by Gasteiger charge is 2.18. The van der Waals surface area contributed by atoms with Gasteiger partial charge in [-0.2, -0.15) is 0 Å². The van der Waals surface area contributed by atoms with Crippen LogP contribution in [0.2, 0.25) is 0 Å². The highest BCUT2D eigenvalue weighted by atomic mass is 79.9. The zero-order valence-corrected chi connectivity index (χ0v) is 13.9. The van der Waals surface area contributed by atoms with E-state index in [2.05, 4.69) is 43.2 Å². The van der Waals surface area contributed by atoms with Crippen LogP contribution in [-0.4, -0.2) is 7.05 Å². The van der Waals surface area contributed by atoms with E-state index in [1.807, 2.05) is 20.0 Å². The molecule has 0 saturated carbocycles. The van der Waals surface area contributed by atoms with E-state index in [4.69, 9.17) is 0 Å². The summed E-state index contributed by atoms with van der Waals surface area (Å²) in [6, 6.07) is 7.15. The first-order valence-corrected chi connectivity index (χ1v) is 7.80. The number of thiophene rings is 1. The van der Waals surface area contributed by atoms with Crippen molar-refractivity contribution in [2.75, 3.05) is 7.05 Å². The van der Waals surface area contributed by atoms with Gasteiger partial charge in [0.15, 0.2) is 0 Å². The number of benzene rings is 1. The predicted octanol–water partition coefficient (Wildman–Crippen LogP) is 5.03. The van der Waals surface area contributed by atoms with Crippen LogP contribution in [-0.2, 0) is 0 Å². The molecular formula is C13H12Br2FNS. The summed E-state index contributed by atoms with van der Waals surface area (Å²) in [7, 11) is 1.88. The molecule has 1 N–H and O–H groups in total. The third-order valence-electron chi connectivity index (χ3n) is 2.68. The molecule has 18 heavy (non-hydrogen) atoms. The van der Waals surface area contributed by atoms with E-state index in [1.54, 1.807) is 17.4 Å². The van der Waals surface area contributed by atoms with E-state index < -0.39 is 0 Å². The van der Waals surface area contributed by atoms with Crippen molar-refractivity contribution < 1.29 is 4.39 Å². The topological polar surface area (TPSA) is 12.0 Å². The maximum atomic E-state index is 13.5. The minimum Gasteiger partial charge on any atom is -0.309 e. The molecule has 96 valence electrons. The maximum Gasteiger partial charge on any atom is 0.123 e. The van der Waals surface area contributed by atoms with E-state index in [1.165, 1.54) is 6.07 Å². The van der Waals surface area contributed by atoms with Crippen LogP contribution in [0.4, 0.5) is 4.39 Å². The largest absolute Gasteiger partial charge is 0.309 e. The molecule has 0 bridgehead atoms. The molecule has 1 nitrogen and oxygen atoms in total. The Bertz CT molecular complexity index is 548. The zero-order valence-electron chi connectivity index (χ0n) is 9.93. The first kappa shape index (κ1) is 14.2. The number of hydrogen-bond donors (Lipinski definition) is 1. The molecule has 0 fully saturated rings. The Kier molecular flexibility index (Phi) is 4.59. The molecule has 5 heteroatoms. The second-order valence-corrected chi connectivity index (χ2v) is 7.81. The molecule has 0 saturated heterocycles. The molecule has 0 aliphatic carbocycles. The lowest BCUT2D eigenvalue weighted by Gasteiger charge is -2.17. The Morgan fingerprint density at radius 3 is 2.44 bits per heavy atom. The summed E-state index contributed by atoms with van der Waals surface area (Å²) >= 11 is 8.63. The van der Waals surface area contributed by atoms with Crippen molar-refractivity contribution in [3.8, 4) is 0 Å². The lowest BCUT2D eigenvalue weighted by molar-refractivity contribution is 0.615. The zero-order chi connectivity index (χ0) is 13.3. The molecule has 2 rings (SSSR count). The van der Waals surface area contributed by atoms with E-state index in [9.17, 15) is 4.39 Å². The lowest BCUT2D eigenvalue weighted by Crippen LogP contribution is -2.17. The molecule has 0 aliphatic heterocycles. The molecule has 1 heterocycles. The molecule has 1 aromatic carbocycles. The fourth-order valence-electron chi connectivity index (χ4n) is 1.98. The summed E-state index contributed by atoms with van der Waals surface area (Å²) in [6.07, 6.45) is 0. The summed E-state index contributed by atoms with van der Waals surface area (Å²) in [4.78, 5) is 0. The van der Waals surface area contributed by atoms with E-state index >= 15 is 0 Å². The number of nitrogens with one attached hydrogen (secondary N) is 1. The Morgan fingerprint density at radius 1 is 1.22 bits per heavy atom. The molecule has 1 aromatic heterocycles. The van der Waals surface area contributed by atoms with Crippen LogP contribution in [0.25, 0.3) is 0 Å². The average Bonchev–Trinajstić information content (AvgIpc) is 2.58. The average molecular weight is 393 g/mol. The summed E-state index contributed by atoms with van der Waals surface area (Å²) in [5, 5.41) is 3.23. The van der Waals surface area contributed by atoms with Crippen molar-refractivity contribution >= 4 is 43.2 Å². The molecule has 1 unspecified atom stereocenters. The SMILES string of the molecule is CNC(c1cc(C)cc(F)c1)c1cc(Br)sc1Br. The second kappa shape index (κ2) is 5.82. The van der Waals surface area contributed by atoms with Crippen LogP contribution in [0, 0.1) is 12.7 Å². The Balaban J connectivity index is 2.48. The third kappa shape index (κ3) is 3.02. The highest BCUT2D eigenvalue weighted by Crippen LogP contribution is 2.37. The van der Waals surface area contributed by atoms with Gasteiger partial charge >= 0.3 is 0 Å². The Hall–Kier alpha value is -0.230. The van der Waals surface area contributed by atoms with E-state index in [0.29, 0.717) is 0 Å². The van der Waals surface area contributed by atoms with Crippen molar-refractivity contribution in [2.45, 2.75) is 13.0 Å². The van der Waals surface area contributed by atoms with Gasteiger partial charge < -0.3 is 5.32 Å². The number of aryl methyl sites for hydroxylation is 1. The fraction of sp³-hybridized carbons (Fsp3) is 0.231. The number of hydrogen-bond acceptors (Lipinski definition) is 2. The Morgan fingerprint density at radius 2 is 1.94 bits per heavy atom. The van der Waals surface area contributed by atoms with Gasteiger partial charge in [-0.3, -0.25) is 0 Å². The summed E-state index contributed by atoms with van der Waals surface area (Å²) in [5.41, 5.74) is 2.97. The molecular weight excluding hydrogens is 381 g/mol. The summed E-state index contributed by atoms with van der Waals surface area (Å²) in [6.45, 7) is 1.90. The smallest absolute Gasteiger partial charge is 0.123 e. The Labute approximate surface area is 127 Å². The standard InChI is InChI=1S/C13H12Br2FNS/c1-7-3-8(5-9(16)4-7)12(17-2)10-6-11(14)18-13(10)15/h3-6,12,17H,1-2H3. The fourth-order valence-corrected chi connectivity index (χ4v) is 4.88. The van der Waals surface area contributed by atoms with Gasteiger partial charge in [0.2, 0.25) is 0 Å². The molecule has 0 radical (unpaired) electrons. The van der Waals surface area contributed by atoms with Gasteiger partial charge in [0.1, 0.15) is 5.82 Å². The van der Waals surface area contributed by atoms with Gasteiger partial charge in [-0.25, -0.2) is 4.39 Å². The normalized spacial score (nSPS) is 12.7. The van der Waals surface area contributed by atoms with Crippen molar-refractivity contribution in [1.82, 2.24) is 5.32 Å². The minimum atomic E-state index is -0.198. The lowest BCUT2D eigenvalue weighted by atomic mass is 9.99. The minimum absolute atomic E-state index is 0.0173. The molecule has 2 aromatic rings. The van der Waals surface area contributed by atoms with Crippen LogP contribution >= 0.6 is 43.2 Å². The van der Waals surface area contributed by atoms with Crippen molar-refractivity contribution in [2.24, 2.45) is 0 Å². The van der Waals surface area contributed by atoms with Crippen molar-refractivity contribution in [1.29, 1.82) is 0 Å². The molecule has 0 spiro atoms. The van der Waals surface area contributed by atoms with Gasteiger partial charge in [-0.1, -0.05) is 6.07 Å². The highest BCUT2D eigenvalue weighted by molar-refractivity contribution is 9.12. The molecule has 1 atom stereocenters. The van der Waals surface area contributed by atoms with E-state index in [0.717, 1.165) is 24.3 Å². The number of halogens is 3. The molecule has 0 aliphatic rings. The summed E-state index contributed by atoms with van der Waals surface area (Å²) in [5.74, 6) is -0.198. The van der Waals surface area contributed by atoms with Gasteiger partial charge in [-0.05, 0) is 80.7 Å². The third-order valence-corrected chi connectivity index (χ3v) is 5.07. The second-order valence-electron chi connectivity index (χ2n) is 4.06. The van der Waals surface area contributed by atoms with Crippen LogP contribution in [0.5, 0.6) is 0 Å². The van der Waals surface area contributed by atoms with Crippen molar-refractivity contribution in [3.63, 3.8) is 0 Å². The first-order chi connectivity index (χ1) is 8.51. The van der Waals surface area contributed by atoms with Crippen LogP contribution in [0.15, 0.2) is 31.8 Å². The maximum absolute atomic E-state index is 13.5. The monoisotopic (exact) mass is 391 g/mol. The van der Waals surface area contributed by atoms with Gasteiger partial charge in [-0.15, -0.1) is 11.3 Å². The molecule has 0 amide bonds. The van der Waals surface area contributed by atoms with Gasteiger partial charge in [0, 0.05) is 0 Å². The van der Waals surface area contributed by atoms with Crippen molar-refractivity contribution in [3.05, 3.63) is 54.3 Å². The quantitative estimate of drug-likeness (QED) is 0.772. The van der Waals surface area contributed by atoms with Crippen LogP contribution in [0.1, 0.15) is 22.7 Å². The van der Waals surface area contributed by atoms with Gasteiger partial charge in [0.05, 0.1) is 13.6 Å². The predicted molar refractivity (Wildman–Crippen MR) is 81.8 cm³/mol. The first-order valence-electron chi connectivity index (χ1n) is 5.40. The summed E-state index contributed by atoms with van der Waals surface area (Å²) < 4.78 is 15.6. The van der Waals surface area contributed by atoms with Crippen LogP contribution in [0.3, 0.4) is 0 Å². The van der Waals surface area contributed by atoms with Crippen LogP contribution < -0.4 is 5.32 Å². The van der Waals surface area contributed by atoms with E-state index in [-0.39, 0.29) is 11.9 Å². The number of rotatable bonds is 3. The van der Waals surface area contributed by atoms with Gasteiger partial charge in [0.25, 0.3) is 0 Å².